The molecular weight excluding hydrogens is 320 g/mol. The second-order valence-electron chi connectivity index (χ2n) is 6.28. The molecule has 26 heavy (non-hydrogen) atoms. The Morgan fingerprint density at radius 3 is 2.38 bits per heavy atom. The predicted molar refractivity (Wildman–Crippen MR) is 110 cm³/mol. The highest BCUT2D eigenvalue weighted by Gasteiger charge is 2.10. The lowest BCUT2D eigenvalue weighted by Gasteiger charge is -2.15. The molecule has 0 bridgehead atoms. The number of para-hydroxylation sites is 2. The fourth-order valence-electron chi connectivity index (χ4n) is 3.10. The molecule has 3 aromatic rings. The highest BCUT2D eigenvalue weighted by atomic mass is 16.1. The second kappa shape index (κ2) is 8.34. The number of rotatable bonds is 6. The van der Waals surface area contributed by atoms with Crippen molar-refractivity contribution in [1.82, 2.24) is 0 Å². The summed E-state index contributed by atoms with van der Waals surface area (Å²) in [6.07, 6.45) is 0.933. The van der Waals surface area contributed by atoms with Gasteiger partial charge in [0.15, 0.2) is 0 Å². The van der Waals surface area contributed by atoms with E-state index in [1.165, 1.54) is 5.56 Å². The zero-order valence-corrected chi connectivity index (χ0v) is 15.3. The van der Waals surface area contributed by atoms with Gasteiger partial charge in [0.1, 0.15) is 0 Å². The van der Waals surface area contributed by atoms with E-state index >= 15 is 0 Å². The third-order valence-electron chi connectivity index (χ3n) is 4.45. The van der Waals surface area contributed by atoms with Crippen molar-refractivity contribution in [2.24, 2.45) is 0 Å². The van der Waals surface area contributed by atoms with E-state index in [0.29, 0.717) is 0 Å². The quantitative estimate of drug-likeness (QED) is 0.639. The molecule has 0 aliphatic rings. The lowest BCUT2D eigenvalue weighted by Crippen LogP contribution is -2.22. The Morgan fingerprint density at radius 2 is 1.62 bits per heavy atom. The topological polar surface area (TPSA) is 41.1 Å². The molecular formula is C23H24N2O. The van der Waals surface area contributed by atoms with Gasteiger partial charge in [-0.15, -0.1) is 0 Å². The Labute approximate surface area is 155 Å². The smallest absolute Gasteiger partial charge is 0.243 e. The summed E-state index contributed by atoms with van der Waals surface area (Å²) in [5.41, 5.74) is 6.37. The van der Waals surface area contributed by atoms with Crippen LogP contribution in [-0.2, 0) is 11.2 Å². The van der Waals surface area contributed by atoms with Gasteiger partial charge in [0.25, 0.3) is 0 Å². The molecule has 0 unspecified atom stereocenters. The van der Waals surface area contributed by atoms with Crippen LogP contribution in [0.4, 0.5) is 11.4 Å². The lowest BCUT2D eigenvalue weighted by atomic mass is 10.0. The Kier molecular flexibility index (Phi) is 5.69. The van der Waals surface area contributed by atoms with Crippen LogP contribution in [0.2, 0.25) is 0 Å². The van der Waals surface area contributed by atoms with E-state index in [9.17, 15) is 4.79 Å². The summed E-state index contributed by atoms with van der Waals surface area (Å²) >= 11 is 0. The number of nitrogens with one attached hydrogen (secondary N) is 2. The Morgan fingerprint density at radius 1 is 0.885 bits per heavy atom. The summed E-state index contributed by atoms with van der Waals surface area (Å²) in [5, 5.41) is 6.33. The van der Waals surface area contributed by atoms with Crippen molar-refractivity contribution in [3.05, 3.63) is 83.9 Å². The van der Waals surface area contributed by atoms with E-state index in [0.717, 1.165) is 34.5 Å². The first kappa shape index (κ1) is 17.7. The Hall–Kier alpha value is -3.07. The number of hydrogen-bond donors (Lipinski definition) is 2. The molecule has 0 aromatic heterocycles. The van der Waals surface area contributed by atoms with E-state index in [2.05, 4.69) is 42.7 Å². The molecule has 0 fully saturated rings. The van der Waals surface area contributed by atoms with Gasteiger partial charge >= 0.3 is 0 Å². The van der Waals surface area contributed by atoms with Gasteiger partial charge in [-0.25, -0.2) is 0 Å². The number of benzene rings is 3. The number of aryl methyl sites for hydroxylation is 2. The number of carbonyl (C=O) groups excluding carboxylic acids is 1. The van der Waals surface area contributed by atoms with Crippen LogP contribution in [0, 0.1) is 6.92 Å². The molecule has 0 saturated heterocycles. The van der Waals surface area contributed by atoms with Crippen LogP contribution >= 0.6 is 0 Å². The van der Waals surface area contributed by atoms with Crippen LogP contribution in [0.25, 0.3) is 11.1 Å². The third kappa shape index (κ3) is 4.12. The molecule has 0 aliphatic carbocycles. The minimum atomic E-state index is -0.0568. The summed E-state index contributed by atoms with van der Waals surface area (Å²) in [6, 6.07) is 24.2. The molecule has 3 nitrogen and oxygen atoms in total. The fraction of sp³-hybridized carbons (Fsp3) is 0.174. The third-order valence-corrected chi connectivity index (χ3v) is 4.45. The maximum atomic E-state index is 12.5. The van der Waals surface area contributed by atoms with Crippen molar-refractivity contribution in [3.63, 3.8) is 0 Å². The van der Waals surface area contributed by atoms with Crippen LogP contribution in [0.3, 0.4) is 0 Å². The molecule has 0 saturated carbocycles. The first-order valence-electron chi connectivity index (χ1n) is 8.95. The lowest BCUT2D eigenvalue weighted by molar-refractivity contribution is -0.114. The monoisotopic (exact) mass is 344 g/mol. The molecule has 0 spiro atoms. The van der Waals surface area contributed by atoms with E-state index in [1.807, 2.05) is 54.6 Å². The summed E-state index contributed by atoms with van der Waals surface area (Å²) < 4.78 is 0. The van der Waals surface area contributed by atoms with Crippen molar-refractivity contribution in [2.75, 3.05) is 17.2 Å². The molecule has 3 rings (SSSR count). The summed E-state index contributed by atoms with van der Waals surface area (Å²) in [5.74, 6) is -0.0568. The molecule has 0 heterocycles. The maximum absolute atomic E-state index is 12.5. The number of amides is 1. The summed E-state index contributed by atoms with van der Waals surface area (Å²) in [7, 11) is 0. The highest BCUT2D eigenvalue weighted by molar-refractivity contribution is 5.97. The highest BCUT2D eigenvalue weighted by Crippen LogP contribution is 2.27. The van der Waals surface area contributed by atoms with Crippen molar-refractivity contribution >= 4 is 17.3 Å². The minimum Gasteiger partial charge on any atom is -0.376 e. The normalized spacial score (nSPS) is 10.4. The van der Waals surface area contributed by atoms with Gasteiger partial charge in [-0.3, -0.25) is 4.79 Å². The molecule has 132 valence electrons. The average Bonchev–Trinajstić information content (AvgIpc) is 2.68. The van der Waals surface area contributed by atoms with Crippen LogP contribution in [0.5, 0.6) is 0 Å². The van der Waals surface area contributed by atoms with Crippen LogP contribution in [0.15, 0.2) is 72.8 Å². The Bertz CT molecular complexity index is 888. The largest absolute Gasteiger partial charge is 0.376 e. The van der Waals surface area contributed by atoms with Crippen molar-refractivity contribution in [1.29, 1.82) is 0 Å². The van der Waals surface area contributed by atoms with E-state index in [-0.39, 0.29) is 12.5 Å². The SMILES string of the molecule is CCc1cccc(C)c1NCC(=O)Nc1ccccc1-c1ccccc1. The molecule has 2 N–H and O–H groups in total. The maximum Gasteiger partial charge on any atom is 0.243 e. The average molecular weight is 344 g/mol. The second-order valence-corrected chi connectivity index (χ2v) is 6.28. The van der Waals surface area contributed by atoms with E-state index in [1.54, 1.807) is 0 Å². The van der Waals surface area contributed by atoms with Crippen LogP contribution < -0.4 is 10.6 Å². The van der Waals surface area contributed by atoms with Gasteiger partial charge in [0, 0.05) is 16.9 Å². The number of anilines is 2. The molecule has 3 aromatic carbocycles. The van der Waals surface area contributed by atoms with Gasteiger partial charge in [0.05, 0.1) is 6.54 Å². The number of carbonyl (C=O) groups is 1. The van der Waals surface area contributed by atoms with Crippen molar-refractivity contribution < 1.29 is 4.79 Å². The van der Waals surface area contributed by atoms with Gasteiger partial charge in [-0.05, 0) is 36.1 Å². The van der Waals surface area contributed by atoms with Gasteiger partial charge in [0.2, 0.25) is 5.91 Å². The molecule has 0 atom stereocenters. The molecule has 1 amide bonds. The van der Waals surface area contributed by atoms with Crippen LogP contribution in [0.1, 0.15) is 18.1 Å². The standard InChI is InChI=1S/C23H24N2O/c1-3-18-13-9-10-17(2)23(18)24-16-22(26)25-21-15-8-7-14-20(21)19-11-5-4-6-12-19/h4-15,24H,3,16H2,1-2H3,(H,25,26). The minimum absolute atomic E-state index is 0.0568. The van der Waals surface area contributed by atoms with Gasteiger partial charge in [-0.2, -0.15) is 0 Å². The predicted octanol–water partition coefficient (Wildman–Crippen LogP) is 5.28. The zero-order valence-electron chi connectivity index (χ0n) is 15.3. The molecule has 0 aliphatic heterocycles. The van der Waals surface area contributed by atoms with Crippen molar-refractivity contribution in [3.8, 4) is 11.1 Å². The first-order valence-corrected chi connectivity index (χ1v) is 8.95. The number of hydrogen-bond acceptors (Lipinski definition) is 2. The zero-order chi connectivity index (χ0) is 18.4. The Balaban J connectivity index is 1.72. The summed E-state index contributed by atoms with van der Waals surface area (Å²) in [6.45, 7) is 4.42. The van der Waals surface area contributed by atoms with Gasteiger partial charge < -0.3 is 10.6 Å². The molecule has 0 radical (unpaired) electrons. The van der Waals surface area contributed by atoms with E-state index in [4.69, 9.17) is 0 Å². The fourth-order valence-corrected chi connectivity index (χ4v) is 3.10. The van der Waals surface area contributed by atoms with Gasteiger partial charge in [-0.1, -0.05) is 73.7 Å². The molecule has 3 heteroatoms. The summed E-state index contributed by atoms with van der Waals surface area (Å²) in [4.78, 5) is 12.5. The van der Waals surface area contributed by atoms with Crippen LogP contribution in [-0.4, -0.2) is 12.5 Å². The van der Waals surface area contributed by atoms with E-state index < -0.39 is 0 Å². The van der Waals surface area contributed by atoms with Crippen molar-refractivity contribution in [2.45, 2.75) is 20.3 Å². The first-order chi connectivity index (χ1) is 12.7.